The van der Waals surface area contributed by atoms with Gasteiger partial charge >= 0.3 is 0 Å². The van der Waals surface area contributed by atoms with E-state index in [1.807, 2.05) is 24.2 Å². The minimum Gasteiger partial charge on any atom is -0.355 e. The first-order chi connectivity index (χ1) is 16.5. The molecule has 0 spiro atoms. The normalized spacial score (nSPS) is 17.0. The highest BCUT2D eigenvalue weighted by Gasteiger charge is 2.33. The lowest BCUT2D eigenvalue weighted by molar-refractivity contribution is 0.0982. The van der Waals surface area contributed by atoms with Crippen LogP contribution >= 0.6 is 23.2 Å². The number of aromatic amines is 1. The van der Waals surface area contributed by atoms with Crippen molar-refractivity contribution >= 4 is 51.5 Å². The van der Waals surface area contributed by atoms with E-state index in [0.29, 0.717) is 34.0 Å². The Hall–Kier alpha value is -3.07. The minimum absolute atomic E-state index is 0.182. The van der Waals surface area contributed by atoms with Crippen LogP contribution in [0.1, 0.15) is 29.2 Å². The van der Waals surface area contributed by atoms with Gasteiger partial charge < -0.3 is 15.2 Å². The van der Waals surface area contributed by atoms with E-state index >= 15 is 0 Å². The van der Waals surface area contributed by atoms with E-state index in [4.69, 9.17) is 23.2 Å². The molecule has 34 heavy (non-hydrogen) atoms. The molecular formula is C24H23Cl2N7O. The summed E-state index contributed by atoms with van der Waals surface area (Å²) in [5, 5.41) is 9.76. The largest absolute Gasteiger partial charge is 0.355 e. The number of rotatable bonds is 3. The zero-order chi connectivity index (χ0) is 23.4. The van der Waals surface area contributed by atoms with Crippen molar-refractivity contribution in [3.63, 3.8) is 0 Å². The second-order valence-corrected chi connectivity index (χ2v) is 9.61. The van der Waals surface area contributed by atoms with Gasteiger partial charge in [-0.3, -0.25) is 14.4 Å². The maximum absolute atomic E-state index is 13.5. The molecule has 4 aromatic rings. The van der Waals surface area contributed by atoms with Crippen molar-refractivity contribution in [2.24, 2.45) is 0 Å². The molecule has 0 bridgehead atoms. The number of nitrogens with one attached hydrogen (secondary N) is 2. The summed E-state index contributed by atoms with van der Waals surface area (Å²) in [6, 6.07) is 7.69. The van der Waals surface area contributed by atoms with Crippen molar-refractivity contribution < 1.29 is 4.79 Å². The number of piperidine rings is 1. The zero-order valence-corrected chi connectivity index (χ0v) is 20.1. The van der Waals surface area contributed by atoms with Crippen molar-refractivity contribution in [3.8, 4) is 11.3 Å². The molecule has 5 heterocycles. The quantitative estimate of drug-likeness (QED) is 0.429. The van der Waals surface area contributed by atoms with Crippen LogP contribution < -0.4 is 15.1 Å². The van der Waals surface area contributed by atoms with Crippen LogP contribution in [0, 0.1) is 0 Å². The van der Waals surface area contributed by atoms with Gasteiger partial charge in [0.2, 0.25) is 0 Å². The Bertz CT molecular complexity index is 1390. The molecule has 1 aromatic carbocycles. The lowest BCUT2D eigenvalue weighted by atomic mass is 10.1. The molecule has 1 fully saturated rings. The smallest absolute Gasteiger partial charge is 0.263 e. The fraction of sp³-hybridized carbons (Fsp3) is 0.292. The molecule has 6 rings (SSSR count). The number of amides is 1. The van der Waals surface area contributed by atoms with Crippen LogP contribution in [0.2, 0.25) is 10.0 Å². The van der Waals surface area contributed by atoms with Gasteiger partial charge in [-0.05, 0) is 44.1 Å². The number of pyridine rings is 1. The van der Waals surface area contributed by atoms with Gasteiger partial charge in [-0.25, -0.2) is 4.98 Å². The Balaban J connectivity index is 1.38. The summed E-state index contributed by atoms with van der Waals surface area (Å²) < 4.78 is 2.06. The lowest BCUT2D eigenvalue weighted by Crippen LogP contribution is -2.45. The predicted molar refractivity (Wildman–Crippen MR) is 135 cm³/mol. The number of aromatic nitrogens is 4. The number of hydrogen-bond donors (Lipinski definition) is 2. The Kier molecular flexibility index (Phi) is 5.24. The maximum Gasteiger partial charge on any atom is 0.263 e. The number of benzene rings is 1. The van der Waals surface area contributed by atoms with Gasteiger partial charge in [-0.1, -0.05) is 29.3 Å². The molecule has 0 saturated carbocycles. The third-order valence-electron chi connectivity index (χ3n) is 6.64. The zero-order valence-electron chi connectivity index (χ0n) is 18.6. The monoisotopic (exact) mass is 495 g/mol. The molecule has 2 aliphatic rings. The Morgan fingerprint density at radius 2 is 1.85 bits per heavy atom. The van der Waals surface area contributed by atoms with E-state index in [-0.39, 0.29) is 5.91 Å². The van der Waals surface area contributed by atoms with Crippen LogP contribution in [0.3, 0.4) is 0 Å². The van der Waals surface area contributed by atoms with Gasteiger partial charge in [0.1, 0.15) is 5.65 Å². The molecule has 10 heteroatoms. The molecule has 1 saturated heterocycles. The van der Waals surface area contributed by atoms with Gasteiger partial charge in [-0.15, -0.1) is 0 Å². The van der Waals surface area contributed by atoms with Crippen LogP contribution in [0.4, 0.5) is 11.4 Å². The van der Waals surface area contributed by atoms with E-state index in [0.717, 1.165) is 53.9 Å². The average molecular weight is 496 g/mol. The number of nitrogens with zero attached hydrogens (tertiary/aromatic N) is 5. The molecule has 1 amide bonds. The lowest BCUT2D eigenvalue weighted by Gasteiger charge is -2.36. The Morgan fingerprint density at radius 3 is 2.62 bits per heavy atom. The number of carbonyl (C=O) groups excluding carboxylic acids is 1. The fourth-order valence-electron chi connectivity index (χ4n) is 4.94. The van der Waals surface area contributed by atoms with Crippen LogP contribution in [0.15, 0.2) is 42.9 Å². The van der Waals surface area contributed by atoms with E-state index in [2.05, 4.69) is 31.3 Å². The van der Waals surface area contributed by atoms with Crippen LogP contribution in [-0.4, -0.2) is 52.5 Å². The maximum atomic E-state index is 13.5. The summed E-state index contributed by atoms with van der Waals surface area (Å²) in [7, 11) is 1.95. The number of H-pyrrole nitrogens is 1. The highest BCUT2D eigenvalue weighted by molar-refractivity contribution is 6.40. The van der Waals surface area contributed by atoms with Crippen LogP contribution in [-0.2, 0) is 0 Å². The van der Waals surface area contributed by atoms with Crippen molar-refractivity contribution in [2.45, 2.75) is 18.9 Å². The summed E-state index contributed by atoms with van der Waals surface area (Å²) >= 11 is 12.8. The second kappa shape index (κ2) is 8.30. The van der Waals surface area contributed by atoms with Crippen LogP contribution in [0.5, 0.6) is 0 Å². The van der Waals surface area contributed by atoms with E-state index < -0.39 is 0 Å². The fourth-order valence-corrected chi connectivity index (χ4v) is 5.55. The molecule has 0 atom stereocenters. The Labute approximate surface area is 206 Å². The summed E-state index contributed by atoms with van der Waals surface area (Å²) in [5.41, 5.74) is 4.50. The molecule has 8 nitrogen and oxygen atoms in total. The number of hydrogen-bond acceptors (Lipinski definition) is 5. The molecule has 2 aliphatic heterocycles. The first kappa shape index (κ1) is 21.5. The number of fused-ring (bicyclic) bond motifs is 3. The van der Waals surface area contributed by atoms with Crippen molar-refractivity contribution in [3.05, 3.63) is 58.5 Å². The molecule has 0 radical (unpaired) electrons. The topological polar surface area (TPSA) is 82.1 Å². The molecule has 174 valence electrons. The Morgan fingerprint density at radius 1 is 1.09 bits per heavy atom. The third kappa shape index (κ3) is 3.45. The number of carbonyl (C=O) groups is 1. The average Bonchev–Trinajstić information content (AvgIpc) is 3.49. The summed E-state index contributed by atoms with van der Waals surface area (Å²) in [6.07, 6.45) is 7.73. The third-order valence-corrected chi connectivity index (χ3v) is 7.25. The van der Waals surface area contributed by atoms with Gasteiger partial charge in [0.25, 0.3) is 5.91 Å². The molecule has 3 aromatic heterocycles. The van der Waals surface area contributed by atoms with Gasteiger partial charge in [0, 0.05) is 30.4 Å². The number of anilines is 2. The SMILES string of the molecule is CN1CN(c2c(Cl)cccc2Cl)C(=O)c2cnc3[nH]c(-c4cnn(C5CCNCC5)c4)cc3c21. The first-order valence-corrected chi connectivity index (χ1v) is 12.0. The van der Waals surface area contributed by atoms with Crippen LogP contribution in [0.25, 0.3) is 22.3 Å². The second-order valence-electron chi connectivity index (χ2n) is 8.80. The standard InChI is InChI=1S/C24H23Cl2N7O/c1-31-13-32(22-18(25)3-2-4-19(22)26)24(34)17-11-28-23-16(21(17)31)9-20(30-23)14-10-29-33(12-14)15-5-7-27-8-6-15/h2-4,9-12,15,27H,5-8,13H2,1H3,(H,28,30). The van der Waals surface area contributed by atoms with Gasteiger partial charge in [0.15, 0.2) is 0 Å². The van der Waals surface area contributed by atoms with Gasteiger partial charge in [-0.2, -0.15) is 5.10 Å². The first-order valence-electron chi connectivity index (χ1n) is 11.2. The van der Waals surface area contributed by atoms with Crippen molar-refractivity contribution in [1.29, 1.82) is 0 Å². The van der Waals surface area contributed by atoms with Gasteiger partial charge in [0.05, 0.1) is 51.6 Å². The molecule has 2 N–H and O–H groups in total. The molecule has 0 unspecified atom stereocenters. The predicted octanol–water partition coefficient (Wildman–Crippen LogP) is 4.71. The minimum atomic E-state index is -0.182. The summed E-state index contributed by atoms with van der Waals surface area (Å²) in [4.78, 5) is 25.1. The molecule has 0 aliphatic carbocycles. The highest BCUT2D eigenvalue weighted by Crippen LogP contribution is 2.40. The molecular weight excluding hydrogens is 473 g/mol. The van der Waals surface area contributed by atoms with Crippen molar-refractivity contribution in [2.75, 3.05) is 36.6 Å². The van der Waals surface area contributed by atoms with E-state index in [1.54, 1.807) is 29.3 Å². The number of para-hydroxylation sites is 1. The number of halogens is 2. The highest BCUT2D eigenvalue weighted by atomic mass is 35.5. The summed E-state index contributed by atoms with van der Waals surface area (Å²) in [5.74, 6) is -0.182. The van der Waals surface area contributed by atoms with E-state index in [9.17, 15) is 4.79 Å². The van der Waals surface area contributed by atoms with E-state index in [1.165, 1.54) is 0 Å². The summed E-state index contributed by atoms with van der Waals surface area (Å²) in [6.45, 7) is 2.35. The van der Waals surface area contributed by atoms with Crippen molar-refractivity contribution in [1.82, 2.24) is 25.1 Å².